The molecule has 2 aromatic carbocycles. The van der Waals surface area contributed by atoms with Crippen LogP contribution in [-0.4, -0.2) is 74.4 Å². The Morgan fingerprint density at radius 1 is 1.05 bits per heavy atom. The smallest absolute Gasteiger partial charge is 0.406 e. The van der Waals surface area contributed by atoms with Crippen LogP contribution in [0.3, 0.4) is 0 Å². The maximum Gasteiger partial charge on any atom is 0.573 e. The third-order valence-electron chi connectivity index (χ3n) is 10.4. The highest BCUT2D eigenvalue weighted by Gasteiger charge is 2.51. The first-order valence-electron chi connectivity index (χ1n) is 15.2. The molecule has 4 aliphatic heterocycles. The molecule has 226 valence electrons. The lowest BCUT2D eigenvalue weighted by molar-refractivity contribution is -0.274. The van der Waals surface area contributed by atoms with E-state index in [1.165, 1.54) is 43.6 Å². The van der Waals surface area contributed by atoms with Gasteiger partial charge in [0.15, 0.2) is 0 Å². The number of piperidine rings is 1. The molecule has 1 spiro atoms. The van der Waals surface area contributed by atoms with Crippen LogP contribution in [0.1, 0.15) is 61.4 Å². The van der Waals surface area contributed by atoms with Crippen molar-refractivity contribution in [2.75, 3.05) is 44.2 Å². The fraction of sp³-hybridized carbons (Fsp3) is 0.562. The summed E-state index contributed by atoms with van der Waals surface area (Å²) in [5.41, 5.74) is 3.29. The molecule has 4 fully saturated rings. The van der Waals surface area contributed by atoms with Gasteiger partial charge in [-0.1, -0.05) is 0 Å². The first kappa shape index (κ1) is 29.0. The van der Waals surface area contributed by atoms with Gasteiger partial charge in [0.2, 0.25) is 5.91 Å². The number of hydrogen-bond donors (Lipinski definition) is 1. The molecule has 0 saturated carbocycles. The predicted molar refractivity (Wildman–Crippen MR) is 155 cm³/mol. The van der Waals surface area contributed by atoms with E-state index in [2.05, 4.69) is 42.1 Å². The van der Waals surface area contributed by atoms with E-state index in [-0.39, 0.29) is 17.6 Å². The Labute approximate surface area is 245 Å². The highest BCUT2D eigenvalue weighted by Crippen LogP contribution is 2.46. The van der Waals surface area contributed by atoms with Gasteiger partial charge < -0.3 is 19.9 Å². The summed E-state index contributed by atoms with van der Waals surface area (Å²) in [6.07, 6.45) is 0.793. The Morgan fingerprint density at radius 3 is 2.36 bits per heavy atom. The number of carbonyl (C=O) groups excluding carboxylic acids is 2. The van der Waals surface area contributed by atoms with Crippen LogP contribution in [0, 0.1) is 12.3 Å². The number of rotatable bonds is 5. The lowest BCUT2D eigenvalue weighted by Crippen LogP contribution is -2.59. The van der Waals surface area contributed by atoms with E-state index >= 15 is 0 Å². The quantitative estimate of drug-likeness (QED) is 0.478. The zero-order chi connectivity index (χ0) is 29.7. The van der Waals surface area contributed by atoms with Crippen LogP contribution < -0.4 is 19.4 Å². The van der Waals surface area contributed by atoms with Gasteiger partial charge in [-0.15, -0.1) is 13.2 Å². The van der Waals surface area contributed by atoms with Crippen molar-refractivity contribution in [1.29, 1.82) is 0 Å². The van der Waals surface area contributed by atoms with Crippen LogP contribution >= 0.6 is 0 Å². The summed E-state index contributed by atoms with van der Waals surface area (Å²) in [5, 5.41) is 3.57. The number of amides is 2. The maximum atomic E-state index is 13.9. The Morgan fingerprint density at radius 2 is 1.76 bits per heavy atom. The minimum absolute atomic E-state index is 0.137. The molecule has 2 aromatic rings. The number of quaternary nitrogens is 1. The van der Waals surface area contributed by atoms with E-state index in [1.54, 1.807) is 4.90 Å². The van der Waals surface area contributed by atoms with Gasteiger partial charge in [-0.2, -0.15) is 0 Å². The minimum atomic E-state index is -4.78. The van der Waals surface area contributed by atoms with Crippen molar-refractivity contribution in [1.82, 2.24) is 14.7 Å². The molecule has 4 heterocycles. The van der Waals surface area contributed by atoms with Gasteiger partial charge in [0.05, 0.1) is 18.0 Å². The van der Waals surface area contributed by atoms with Gasteiger partial charge in [0, 0.05) is 75.4 Å². The number of hydrogen-bond acceptors (Lipinski definition) is 4. The number of anilines is 1. The number of ether oxygens (including phenoxy) is 1. The molecular formula is C32H40F3N4O3+. The number of aryl methyl sites for hydroxylation is 1. The third kappa shape index (κ3) is 5.06. The molecule has 3 atom stereocenters. The van der Waals surface area contributed by atoms with Crippen molar-refractivity contribution in [2.24, 2.45) is 5.41 Å². The lowest BCUT2D eigenvalue weighted by atomic mass is 9.77. The highest BCUT2D eigenvalue weighted by molar-refractivity contribution is 6.01. The third-order valence-corrected chi connectivity index (χ3v) is 10.4. The fourth-order valence-electron chi connectivity index (χ4n) is 8.10. The van der Waals surface area contributed by atoms with Gasteiger partial charge in [0.25, 0.3) is 5.91 Å². The van der Waals surface area contributed by atoms with E-state index in [9.17, 15) is 22.8 Å². The fourth-order valence-corrected chi connectivity index (χ4v) is 8.10. The molecular weight excluding hydrogens is 545 g/mol. The van der Waals surface area contributed by atoms with Crippen LogP contribution in [0.15, 0.2) is 42.5 Å². The zero-order valence-corrected chi connectivity index (χ0v) is 24.4. The van der Waals surface area contributed by atoms with Crippen LogP contribution in [0.2, 0.25) is 0 Å². The van der Waals surface area contributed by atoms with Gasteiger partial charge in [0.1, 0.15) is 17.5 Å². The van der Waals surface area contributed by atoms with Crippen molar-refractivity contribution < 1.29 is 27.5 Å². The predicted octanol–water partition coefficient (Wildman–Crippen LogP) is 5.40. The normalized spacial score (nSPS) is 27.7. The number of halogens is 3. The van der Waals surface area contributed by atoms with E-state index in [4.69, 9.17) is 0 Å². The van der Waals surface area contributed by atoms with Crippen molar-refractivity contribution >= 4 is 23.2 Å². The largest absolute Gasteiger partial charge is 0.573 e. The number of carbonyl (C=O) groups is 2. The van der Waals surface area contributed by atoms with E-state index in [0.29, 0.717) is 50.1 Å². The molecule has 2 amide bonds. The molecule has 4 saturated heterocycles. The Hall–Kier alpha value is -3.11. The van der Waals surface area contributed by atoms with Gasteiger partial charge in [-0.3, -0.25) is 14.1 Å². The van der Waals surface area contributed by atoms with Crippen LogP contribution in [0.25, 0.3) is 0 Å². The molecule has 0 radical (unpaired) electrons. The summed E-state index contributed by atoms with van der Waals surface area (Å²) in [6.45, 7) is 9.33. The van der Waals surface area contributed by atoms with Gasteiger partial charge in [-0.05, 0) is 69.0 Å². The second-order valence-electron chi connectivity index (χ2n) is 12.6. The molecule has 1 unspecified atom stereocenters. The first-order valence-corrected chi connectivity index (χ1v) is 15.2. The average molecular weight is 586 g/mol. The minimum Gasteiger partial charge on any atom is -0.406 e. The Kier molecular flexibility index (Phi) is 7.50. The topological polar surface area (TPSA) is 61.9 Å². The summed E-state index contributed by atoms with van der Waals surface area (Å²) >= 11 is 0. The van der Waals surface area contributed by atoms with Crippen molar-refractivity contribution in [2.45, 2.75) is 70.8 Å². The highest BCUT2D eigenvalue weighted by atomic mass is 19.4. The molecule has 1 N–H and O–H groups in total. The van der Waals surface area contributed by atoms with Crippen LogP contribution in [0.5, 0.6) is 5.75 Å². The number of nitrogens with zero attached hydrogens (tertiary/aromatic N) is 3. The summed E-state index contributed by atoms with van der Waals surface area (Å²) < 4.78 is 42.3. The van der Waals surface area contributed by atoms with E-state index in [0.717, 1.165) is 47.4 Å². The summed E-state index contributed by atoms with van der Waals surface area (Å²) in [6, 6.07) is 12.9. The molecule has 6 rings (SSSR count). The Balaban J connectivity index is 1.13. The summed E-state index contributed by atoms with van der Waals surface area (Å²) in [5.74, 6) is -0.473. The number of likely N-dealkylation sites (tertiary alicyclic amines) is 2. The molecule has 7 nitrogen and oxygen atoms in total. The zero-order valence-electron chi connectivity index (χ0n) is 24.4. The maximum absolute atomic E-state index is 13.9. The molecule has 4 aliphatic rings. The number of benzene rings is 2. The molecule has 0 aliphatic carbocycles. The lowest BCUT2D eigenvalue weighted by Gasteiger charge is -2.43. The van der Waals surface area contributed by atoms with E-state index < -0.39 is 11.8 Å². The van der Waals surface area contributed by atoms with Crippen molar-refractivity contribution in [3.8, 4) is 5.75 Å². The number of alkyl halides is 3. The average Bonchev–Trinajstić information content (AvgIpc) is 3.70. The van der Waals surface area contributed by atoms with Crippen molar-refractivity contribution in [3.63, 3.8) is 0 Å². The molecule has 10 heteroatoms. The Bertz CT molecular complexity index is 1330. The van der Waals surface area contributed by atoms with Crippen LogP contribution in [-0.2, 0) is 4.79 Å². The van der Waals surface area contributed by atoms with Crippen molar-refractivity contribution in [3.05, 3.63) is 53.6 Å². The molecule has 0 bridgehead atoms. The SMILES string of the molecule is Cc1cc([N+]2([C@H]3CCNC3)CCC[C@H]2C)ccc1N1CCC2(CCN(C(=O)c3ccc(OC(F)(F)F)cc3)CC2)C1=O. The van der Waals surface area contributed by atoms with Crippen LogP contribution in [0.4, 0.5) is 24.5 Å². The summed E-state index contributed by atoms with van der Waals surface area (Å²) in [7, 11) is 0. The summed E-state index contributed by atoms with van der Waals surface area (Å²) in [4.78, 5) is 30.6. The first-order chi connectivity index (χ1) is 20.0. The van der Waals surface area contributed by atoms with Gasteiger partial charge in [-0.25, -0.2) is 0 Å². The molecule has 0 aromatic heterocycles. The monoisotopic (exact) mass is 585 g/mol. The second-order valence-corrected chi connectivity index (χ2v) is 12.6. The second kappa shape index (κ2) is 10.9. The van der Waals surface area contributed by atoms with E-state index in [1.807, 2.05) is 4.90 Å². The number of nitrogens with one attached hydrogen (secondary N) is 1. The molecule has 42 heavy (non-hydrogen) atoms. The van der Waals surface area contributed by atoms with Gasteiger partial charge >= 0.3 is 6.36 Å². The standard InChI is InChI=1S/C32H40F3N4O3/c1-22-20-25(39(19-3-4-23(39)2)26-11-15-36-21-26)7-10-28(22)38-18-14-31(30(38)41)12-16-37(17-13-31)29(40)24-5-8-27(9-6-24)42-32(33,34)35/h5-10,20,23,26,36H,3-4,11-19,21H2,1-2H3/q+1/t23-,26+,39?/m1/s1.